The van der Waals surface area contributed by atoms with Crippen LogP contribution in [0.1, 0.15) is 22.9 Å². The van der Waals surface area contributed by atoms with Crippen LogP contribution in [0.15, 0.2) is 5.38 Å². The lowest BCUT2D eigenvalue weighted by molar-refractivity contribution is 0.477. The Kier molecular flexibility index (Phi) is 3.35. The summed E-state index contributed by atoms with van der Waals surface area (Å²) in [5, 5.41) is 2.24. The lowest BCUT2D eigenvalue weighted by Crippen LogP contribution is -2.18. The maximum Gasteiger partial charge on any atom is 0.185 e. The van der Waals surface area contributed by atoms with Crippen LogP contribution in [0.25, 0.3) is 0 Å². The summed E-state index contributed by atoms with van der Waals surface area (Å²) >= 11 is 1.88. The van der Waals surface area contributed by atoms with E-state index in [1.165, 1.54) is 16.0 Å². The molecule has 0 radical (unpaired) electrons. The fraction of sp³-hybridized carbons (Fsp3) is 0.556. The third-order valence-electron chi connectivity index (χ3n) is 2.34. The first-order valence-electron chi connectivity index (χ1n) is 4.37. The maximum absolute atomic E-state index is 2.33. The summed E-state index contributed by atoms with van der Waals surface area (Å²) in [6.45, 7) is 8.80. The average Bonchev–Trinajstić information content (AvgIpc) is 2.36. The molecule has 0 aliphatic heterocycles. The van der Waals surface area contributed by atoms with Crippen LogP contribution >= 0.6 is 11.3 Å². The van der Waals surface area contributed by atoms with Crippen molar-refractivity contribution in [2.75, 3.05) is 6.54 Å². The van der Waals surface area contributed by atoms with Gasteiger partial charge in [-0.2, -0.15) is 0 Å². The van der Waals surface area contributed by atoms with E-state index in [9.17, 15) is 0 Å². The van der Waals surface area contributed by atoms with Gasteiger partial charge >= 0.3 is 0 Å². The standard InChI is InChI=1S/C9H16BNS/c1-4-11(10)5-9-8(3)7(2)6-12-9/h6H,4-5,10H2,1-3H3. The van der Waals surface area contributed by atoms with Gasteiger partial charge in [-0.15, -0.1) is 11.3 Å². The largest absolute Gasteiger partial charge is 0.345 e. The third kappa shape index (κ3) is 2.11. The maximum atomic E-state index is 2.33. The van der Waals surface area contributed by atoms with Gasteiger partial charge in [-0.3, -0.25) is 0 Å². The minimum atomic E-state index is 1.10. The molecular weight excluding hydrogens is 165 g/mol. The minimum Gasteiger partial charge on any atom is -0.345 e. The molecule has 1 rings (SSSR count). The van der Waals surface area contributed by atoms with Crippen molar-refractivity contribution in [2.45, 2.75) is 27.3 Å². The zero-order valence-electron chi connectivity index (χ0n) is 8.35. The second-order valence-electron chi connectivity index (χ2n) is 3.30. The van der Waals surface area contributed by atoms with Crippen LogP contribution in [-0.2, 0) is 6.54 Å². The van der Waals surface area contributed by atoms with Gasteiger partial charge in [0.2, 0.25) is 0 Å². The van der Waals surface area contributed by atoms with Crippen LogP contribution in [0, 0.1) is 13.8 Å². The Morgan fingerprint density at radius 2 is 2.17 bits per heavy atom. The van der Waals surface area contributed by atoms with Gasteiger partial charge in [-0.1, -0.05) is 6.92 Å². The molecule has 66 valence electrons. The van der Waals surface area contributed by atoms with E-state index < -0.39 is 0 Å². The smallest absolute Gasteiger partial charge is 0.185 e. The molecule has 1 aromatic rings. The summed E-state index contributed by atoms with van der Waals surface area (Å²) in [4.78, 5) is 3.84. The van der Waals surface area contributed by atoms with E-state index in [1.54, 1.807) is 0 Å². The normalized spacial score (nSPS) is 11.0. The molecule has 0 fully saturated rings. The van der Waals surface area contributed by atoms with Crippen molar-refractivity contribution in [3.8, 4) is 0 Å². The van der Waals surface area contributed by atoms with Gasteiger partial charge in [0.05, 0.1) is 0 Å². The molecule has 0 saturated carbocycles. The van der Waals surface area contributed by atoms with Crippen molar-refractivity contribution < 1.29 is 0 Å². The molecule has 1 aromatic heterocycles. The van der Waals surface area contributed by atoms with Crippen molar-refractivity contribution in [3.05, 3.63) is 21.4 Å². The molecule has 0 atom stereocenters. The van der Waals surface area contributed by atoms with E-state index in [1.807, 2.05) is 11.3 Å². The highest BCUT2D eigenvalue weighted by atomic mass is 32.1. The highest BCUT2D eigenvalue weighted by molar-refractivity contribution is 7.10. The van der Waals surface area contributed by atoms with E-state index >= 15 is 0 Å². The SMILES string of the molecule is BN(CC)Cc1scc(C)c1C. The number of hydrogen-bond acceptors (Lipinski definition) is 2. The molecule has 1 heterocycles. The van der Waals surface area contributed by atoms with Gasteiger partial charge in [0.1, 0.15) is 0 Å². The Balaban J connectivity index is 2.69. The van der Waals surface area contributed by atoms with E-state index in [4.69, 9.17) is 0 Å². The van der Waals surface area contributed by atoms with Gasteiger partial charge in [-0.25, -0.2) is 0 Å². The van der Waals surface area contributed by atoms with Crippen molar-refractivity contribution >= 4 is 19.3 Å². The fourth-order valence-electron chi connectivity index (χ4n) is 1.07. The van der Waals surface area contributed by atoms with Crippen LogP contribution in [0.4, 0.5) is 0 Å². The fourth-order valence-corrected chi connectivity index (χ4v) is 2.20. The van der Waals surface area contributed by atoms with E-state index in [0.717, 1.165) is 13.1 Å². The van der Waals surface area contributed by atoms with Crippen LogP contribution in [0.5, 0.6) is 0 Å². The van der Waals surface area contributed by atoms with E-state index in [-0.39, 0.29) is 0 Å². The van der Waals surface area contributed by atoms with Crippen LogP contribution in [0.3, 0.4) is 0 Å². The highest BCUT2D eigenvalue weighted by Crippen LogP contribution is 2.21. The van der Waals surface area contributed by atoms with Gasteiger partial charge < -0.3 is 4.81 Å². The van der Waals surface area contributed by atoms with Gasteiger partial charge in [0, 0.05) is 11.4 Å². The molecule has 0 unspecified atom stereocenters. The molecule has 0 aliphatic carbocycles. The van der Waals surface area contributed by atoms with E-state index in [0.29, 0.717) is 0 Å². The first-order chi connectivity index (χ1) is 5.65. The number of aryl methyl sites for hydroxylation is 1. The molecule has 0 aromatic carbocycles. The Hall–Kier alpha value is -0.275. The topological polar surface area (TPSA) is 3.24 Å². The van der Waals surface area contributed by atoms with E-state index in [2.05, 4.69) is 38.9 Å². The van der Waals surface area contributed by atoms with Gasteiger partial charge in [-0.05, 0) is 36.9 Å². The highest BCUT2D eigenvalue weighted by Gasteiger charge is 2.05. The molecule has 1 nitrogen and oxygen atoms in total. The summed E-state index contributed by atoms with van der Waals surface area (Å²) < 4.78 is 0. The first-order valence-corrected chi connectivity index (χ1v) is 5.25. The third-order valence-corrected chi connectivity index (χ3v) is 3.53. The van der Waals surface area contributed by atoms with Crippen molar-refractivity contribution in [1.82, 2.24) is 4.81 Å². The molecule has 0 N–H and O–H groups in total. The molecule has 0 aliphatic rings. The summed E-state index contributed by atoms with van der Waals surface area (Å²) in [5.41, 5.74) is 2.90. The van der Waals surface area contributed by atoms with Crippen molar-refractivity contribution in [1.29, 1.82) is 0 Å². The Labute approximate surface area is 79.8 Å². The zero-order valence-corrected chi connectivity index (χ0v) is 9.16. The summed E-state index contributed by atoms with van der Waals surface area (Å²) in [5.74, 6) is 0. The molecule has 0 spiro atoms. The van der Waals surface area contributed by atoms with Crippen molar-refractivity contribution in [3.63, 3.8) is 0 Å². The second kappa shape index (κ2) is 4.10. The van der Waals surface area contributed by atoms with Crippen LogP contribution < -0.4 is 0 Å². The predicted octanol–water partition coefficient (Wildman–Crippen LogP) is 1.73. The number of rotatable bonds is 3. The molecule has 0 saturated heterocycles. The number of hydrogen-bond donors (Lipinski definition) is 0. The zero-order chi connectivity index (χ0) is 9.14. The first kappa shape index (κ1) is 9.81. The Morgan fingerprint density at radius 3 is 2.58 bits per heavy atom. The Morgan fingerprint density at radius 1 is 1.50 bits per heavy atom. The predicted molar refractivity (Wildman–Crippen MR) is 58.4 cm³/mol. The van der Waals surface area contributed by atoms with Crippen LogP contribution in [0.2, 0.25) is 0 Å². The molecular formula is C9H16BNS. The van der Waals surface area contributed by atoms with Gasteiger partial charge in [0.25, 0.3) is 0 Å². The quantitative estimate of drug-likeness (QED) is 0.642. The molecule has 12 heavy (non-hydrogen) atoms. The molecule has 0 bridgehead atoms. The average molecular weight is 181 g/mol. The van der Waals surface area contributed by atoms with Gasteiger partial charge in [0.15, 0.2) is 7.98 Å². The second-order valence-corrected chi connectivity index (χ2v) is 4.26. The van der Waals surface area contributed by atoms with Crippen LogP contribution in [-0.4, -0.2) is 19.3 Å². The van der Waals surface area contributed by atoms with Crippen molar-refractivity contribution in [2.24, 2.45) is 0 Å². The molecule has 3 heteroatoms. The summed E-state index contributed by atoms with van der Waals surface area (Å²) in [6.07, 6.45) is 0. The lowest BCUT2D eigenvalue weighted by atomic mass is 10.1. The number of thiophene rings is 1. The summed E-state index contributed by atoms with van der Waals surface area (Å²) in [7, 11) is 2.16. The summed E-state index contributed by atoms with van der Waals surface area (Å²) in [6, 6.07) is 0. The Bertz CT molecular complexity index is 257. The molecule has 0 amide bonds. The monoisotopic (exact) mass is 181 g/mol. The minimum absolute atomic E-state index is 1.10. The lowest BCUT2D eigenvalue weighted by Gasteiger charge is -2.13. The number of nitrogens with zero attached hydrogens (tertiary/aromatic N) is 1.